The van der Waals surface area contributed by atoms with Gasteiger partial charge in [0, 0.05) is 67.8 Å². The molecule has 3 aromatic rings. The molecule has 5 rings (SSSR count). The maximum absolute atomic E-state index is 12.7. The number of nitro groups is 1. The Hall–Kier alpha value is -4.64. The third-order valence-corrected chi connectivity index (χ3v) is 7.06. The smallest absolute Gasteiger partial charge is 0.311 e. The first-order valence-electron chi connectivity index (χ1n) is 13.5. The summed E-state index contributed by atoms with van der Waals surface area (Å²) in [6, 6.07) is 9.93. The third-order valence-electron chi connectivity index (χ3n) is 7.06. The molecule has 42 heavy (non-hydrogen) atoms. The highest BCUT2D eigenvalue weighted by Gasteiger charge is 2.29. The van der Waals surface area contributed by atoms with Crippen molar-refractivity contribution >= 4 is 40.8 Å². The van der Waals surface area contributed by atoms with Gasteiger partial charge in [-0.2, -0.15) is 15.0 Å². The number of nitrogens with zero attached hydrogens (tertiary/aromatic N) is 6. The van der Waals surface area contributed by atoms with Crippen LogP contribution in [-0.4, -0.2) is 81.2 Å². The van der Waals surface area contributed by atoms with Crippen LogP contribution in [0.4, 0.5) is 34.9 Å². The molecule has 16 heteroatoms. The first kappa shape index (κ1) is 28.9. The Labute approximate surface area is 241 Å². The lowest BCUT2D eigenvalue weighted by Crippen LogP contribution is -2.54. The number of amides is 1. The molecular formula is C26H34N12O4. The van der Waals surface area contributed by atoms with Gasteiger partial charge in [-0.15, -0.1) is 0 Å². The van der Waals surface area contributed by atoms with Crippen molar-refractivity contribution < 1.29 is 14.8 Å². The number of aromatic nitrogens is 3. The zero-order valence-electron chi connectivity index (χ0n) is 22.8. The van der Waals surface area contributed by atoms with E-state index in [1.807, 2.05) is 9.80 Å². The molecule has 222 valence electrons. The van der Waals surface area contributed by atoms with Gasteiger partial charge in [0.1, 0.15) is 0 Å². The summed E-state index contributed by atoms with van der Waals surface area (Å²) >= 11 is 0. The molecule has 11 N–H and O–H groups in total. The van der Waals surface area contributed by atoms with E-state index in [0.717, 1.165) is 6.07 Å². The van der Waals surface area contributed by atoms with Gasteiger partial charge < -0.3 is 48.5 Å². The summed E-state index contributed by atoms with van der Waals surface area (Å²) in [7, 11) is 0. The predicted molar refractivity (Wildman–Crippen MR) is 158 cm³/mol. The Morgan fingerprint density at radius 2 is 1.33 bits per heavy atom. The van der Waals surface area contributed by atoms with Gasteiger partial charge in [-0.3, -0.25) is 14.9 Å². The topological polar surface area (TPSA) is 254 Å². The maximum Gasteiger partial charge on any atom is 0.311 e. The van der Waals surface area contributed by atoms with E-state index in [4.69, 9.17) is 27.9 Å². The van der Waals surface area contributed by atoms with Gasteiger partial charge in [-0.25, -0.2) is 0 Å². The molecule has 2 saturated heterocycles. The van der Waals surface area contributed by atoms with Crippen LogP contribution in [0.1, 0.15) is 23.2 Å². The highest BCUT2D eigenvalue weighted by Crippen LogP contribution is 2.30. The number of nitro benzene ring substituents is 1. The zero-order valence-corrected chi connectivity index (χ0v) is 22.8. The van der Waals surface area contributed by atoms with Crippen LogP contribution in [0, 0.1) is 10.1 Å². The molecule has 2 aliphatic heterocycles. The van der Waals surface area contributed by atoms with Gasteiger partial charge in [0.25, 0.3) is 5.91 Å². The fourth-order valence-corrected chi connectivity index (χ4v) is 5.20. The monoisotopic (exact) mass is 578 g/mol. The standard InChI is InChI=1S/C26H34N12O4/c27-14-8-15(28)11-36(10-14)25-33-24(34-26(35-25)37-12-16(29)9-17(30)13-37)32-19-6-4-18(5-7-19)31-23(40)20-2-1-3-21(22(20)39)38(41)42/h1-7,14-17,39H,8-13,27-30H2,(H,31,40)(H,32,33,34,35)/t14-,15+,16-,17+. The summed E-state index contributed by atoms with van der Waals surface area (Å²) in [5.74, 6) is -0.248. The Morgan fingerprint density at radius 3 is 1.83 bits per heavy atom. The third kappa shape index (κ3) is 6.63. The molecule has 0 bridgehead atoms. The second-order valence-electron chi connectivity index (χ2n) is 10.7. The summed E-state index contributed by atoms with van der Waals surface area (Å²) in [6.07, 6.45) is 1.41. The van der Waals surface area contributed by atoms with Crippen LogP contribution < -0.4 is 43.4 Å². The summed E-state index contributed by atoms with van der Waals surface area (Å²) in [5, 5.41) is 27.0. The van der Waals surface area contributed by atoms with Gasteiger partial charge in [0.05, 0.1) is 10.5 Å². The summed E-state index contributed by atoms with van der Waals surface area (Å²) in [5.41, 5.74) is 25.1. The number of phenolic OH excluding ortho intramolecular Hbond substituents is 1. The Morgan fingerprint density at radius 1 is 0.833 bits per heavy atom. The molecule has 0 radical (unpaired) electrons. The van der Waals surface area contributed by atoms with E-state index in [0.29, 0.717) is 62.3 Å². The van der Waals surface area contributed by atoms with Crippen molar-refractivity contribution in [2.75, 3.05) is 46.6 Å². The number of para-hydroxylation sites is 1. The lowest BCUT2D eigenvalue weighted by molar-refractivity contribution is -0.385. The van der Waals surface area contributed by atoms with Gasteiger partial charge in [0.15, 0.2) is 0 Å². The van der Waals surface area contributed by atoms with Crippen molar-refractivity contribution in [1.29, 1.82) is 0 Å². The van der Waals surface area contributed by atoms with Crippen LogP contribution in [0.15, 0.2) is 42.5 Å². The van der Waals surface area contributed by atoms with Crippen LogP contribution in [0.25, 0.3) is 0 Å². The predicted octanol–water partition coefficient (Wildman–Crippen LogP) is 0.211. The summed E-state index contributed by atoms with van der Waals surface area (Å²) < 4.78 is 0. The van der Waals surface area contributed by atoms with E-state index in [9.17, 15) is 20.0 Å². The van der Waals surface area contributed by atoms with E-state index in [1.54, 1.807) is 24.3 Å². The number of nitrogens with two attached hydrogens (primary N) is 4. The average molecular weight is 579 g/mol. The van der Waals surface area contributed by atoms with Gasteiger partial charge >= 0.3 is 5.69 Å². The molecule has 0 saturated carbocycles. The van der Waals surface area contributed by atoms with Crippen molar-refractivity contribution in [2.45, 2.75) is 37.0 Å². The fraction of sp³-hybridized carbons (Fsp3) is 0.385. The van der Waals surface area contributed by atoms with Crippen LogP contribution in [0.2, 0.25) is 0 Å². The van der Waals surface area contributed by atoms with Crippen LogP contribution in [0.3, 0.4) is 0 Å². The lowest BCUT2D eigenvalue weighted by Gasteiger charge is -2.37. The molecule has 3 heterocycles. The Balaban J connectivity index is 1.36. The number of carbonyl (C=O) groups excluding carboxylic acids is 1. The van der Waals surface area contributed by atoms with Crippen LogP contribution >= 0.6 is 0 Å². The van der Waals surface area contributed by atoms with Crippen LogP contribution in [0.5, 0.6) is 5.75 Å². The summed E-state index contributed by atoms with van der Waals surface area (Å²) in [6.45, 7) is 2.18. The SMILES string of the molecule is N[C@@H]1C[C@H](N)CN(c2nc(Nc3ccc(NC(=O)c4cccc([N+](=O)[O-])c4O)cc3)nc(N3C[C@H](N)C[C@H](N)C3)n2)C1. The number of anilines is 5. The van der Waals surface area contributed by atoms with Crippen molar-refractivity contribution in [3.05, 3.63) is 58.1 Å². The van der Waals surface area contributed by atoms with Crippen LogP contribution in [-0.2, 0) is 0 Å². The number of nitrogens with one attached hydrogen (secondary N) is 2. The minimum atomic E-state index is -0.757. The number of aromatic hydroxyl groups is 1. The molecule has 1 aromatic heterocycles. The van der Waals surface area contributed by atoms with E-state index >= 15 is 0 Å². The second kappa shape index (κ2) is 12.1. The number of hydrogen-bond acceptors (Lipinski definition) is 14. The number of phenols is 1. The highest BCUT2D eigenvalue weighted by molar-refractivity contribution is 6.07. The minimum Gasteiger partial charge on any atom is -0.502 e. The Bertz CT molecular complexity index is 1390. The number of benzene rings is 2. The first-order valence-corrected chi connectivity index (χ1v) is 13.5. The normalized spacial score (nSPS) is 22.5. The number of hydrogen-bond donors (Lipinski definition) is 7. The second-order valence-corrected chi connectivity index (χ2v) is 10.7. The van der Waals surface area contributed by atoms with Gasteiger partial charge in [-0.1, -0.05) is 6.07 Å². The molecule has 2 aromatic carbocycles. The molecule has 0 spiro atoms. The number of piperidine rings is 2. The average Bonchev–Trinajstić information content (AvgIpc) is 2.93. The minimum absolute atomic E-state index is 0.117. The molecule has 2 fully saturated rings. The maximum atomic E-state index is 12.7. The van der Waals surface area contributed by atoms with Crippen molar-refractivity contribution in [3.63, 3.8) is 0 Å². The molecule has 2 aliphatic rings. The Kier molecular flexibility index (Phi) is 8.30. The molecule has 0 aliphatic carbocycles. The first-order chi connectivity index (χ1) is 20.0. The highest BCUT2D eigenvalue weighted by atomic mass is 16.6. The molecule has 16 nitrogen and oxygen atoms in total. The number of carbonyl (C=O) groups is 1. The molecular weight excluding hydrogens is 544 g/mol. The fourth-order valence-electron chi connectivity index (χ4n) is 5.20. The molecule has 1 amide bonds. The number of rotatable bonds is 7. The van der Waals surface area contributed by atoms with Crippen molar-refractivity contribution in [2.24, 2.45) is 22.9 Å². The van der Waals surface area contributed by atoms with E-state index < -0.39 is 22.3 Å². The lowest BCUT2D eigenvalue weighted by atomic mass is 10.0. The molecule has 0 unspecified atom stereocenters. The molecule has 4 atom stereocenters. The van der Waals surface area contributed by atoms with E-state index in [-0.39, 0.29) is 35.7 Å². The van der Waals surface area contributed by atoms with Crippen molar-refractivity contribution in [3.8, 4) is 5.75 Å². The quantitative estimate of drug-likeness (QED) is 0.146. The van der Waals surface area contributed by atoms with Gasteiger partial charge in [-0.05, 0) is 43.2 Å². The largest absolute Gasteiger partial charge is 0.502 e. The van der Waals surface area contributed by atoms with Gasteiger partial charge in [0.2, 0.25) is 23.6 Å². The van der Waals surface area contributed by atoms with E-state index in [1.165, 1.54) is 12.1 Å². The van der Waals surface area contributed by atoms with Crippen molar-refractivity contribution in [1.82, 2.24) is 15.0 Å². The zero-order chi connectivity index (χ0) is 30.0. The summed E-state index contributed by atoms with van der Waals surface area (Å²) in [4.78, 5) is 40.9. The van der Waals surface area contributed by atoms with E-state index in [2.05, 4.69) is 20.6 Å².